The fourth-order valence-corrected chi connectivity index (χ4v) is 2.23. The summed E-state index contributed by atoms with van der Waals surface area (Å²) in [5.41, 5.74) is 2.15. The standard InChI is InChI=1S/C17H24N4O/c1-5-21(6-2)17-19-13(3)11-16(20-17)18-12-14-7-9-15(22-4)10-8-14/h7-11H,5-6,12H2,1-4H3,(H,18,19,20). The smallest absolute Gasteiger partial charge is 0.227 e. The van der Waals surface area contributed by atoms with Crippen molar-refractivity contribution in [1.82, 2.24) is 9.97 Å². The van der Waals surface area contributed by atoms with E-state index in [4.69, 9.17) is 4.74 Å². The van der Waals surface area contributed by atoms with Crippen LogP contribution >= 0.6 is 0 Å². The van der Waals surface area contributed by atoms with Crippen LogP contribution in [0, 0.1) is 6.92 Å². The summed E-state index contributed by atoms with van der Waals surface area (Å²) in [7, 11) is 1.67. The van der Waals surface area contributed by atoms with Gasteiger partial charge in [-0.2, -0.15) is 4.98 Å². The van der Waals surface area contributed by atoms with Gasteiger partial charge in [-0.25, -0.2) is 4.98 Å². The number of benzene rings is 1. The van der Waals surface area contributed by atoms with Crippen LogP contribution < -0.4 is 15.0 Å². The van der Waals surface area contributed by atoms with E-state index in [0.717, 1.165) is 42.8 Å². The third kappa shape index (κ3) is 4.10. The largest absolute Gasteiger partial charge is 0.497 e. The van der Waals surface area contributed by atoms with E-state index in [2.05, 4.69) is 34.0 Å². The van der Waals surface area contributed by atoms with Crippen LogP contribution in [0.25, 0.3) is 0 Å². The number of hydrogen-bond acceptors (Lipinski definition) is 5. The van der Waals surface area contributed by atoms with E-state index >= 15 is 0 Å². The first-order chi connectivity index (χ1) is 10.7. The third-order valence-corrected chi connectivity index (χ3v) is 3.52. The molecule has 0 unspecified atom stereocenters. The van der Waals surface area contributed by atoms with Crippen molar-refractivity contribution < 1.29 is 4.74 Å². The Balaban J connectivity index is 2.08. The lowest BCUT2D eigenvalue weighted by Crippen LogP contribution is -2.24. The number of nitrogens with one attached hydrogen (secondary N) is 1. The predicted molar refractivity (Wildman–Crippen MR) is 90.7 cm³/mol. The molecule has 0 spiro atoms. The maximum atomic E-state index is 5.17. The Kier molecular flexibility index (Phi) is 5.58. The van der Waals surface area contributed by atoms with Crippen molar-refractivity contribution in [1.29, 1.82) is 0 Å². The molecule has 2 aromatic rings. The fourth-order valence-electron chi connectivity index (χ4n) is 2.23. The lowest BCUT2D eigenvalue weighted by atomic mass is 10.2. The van der Waals surface area contributed by atoms with Crippen molar-refractivity contribution in [2.75, 3.05) is 30.4 Å². The summed E-state index contributed by atoms with van der Waals surface area (Å²) < 4.78 is 5.17. The Labute approximate surface area is 132 Å². The minimum absolute atomic E-state index is 0.720. The Morgan fingerprint density at radius 1 is 1.09 bits per heavy atom. The van der Waals surface area contributed by atoms with E-state index in [1.54, 1.807) is 7.11 Å². The minimum atomic E-state index is 0.720. The molecule has 118 valence electrons. The van der Waals surface area contributed by atoms with Crippen molar-refractivity contribution in [3.8, 4) is 5.75 Å². The van der Waals surface area contributed by atoms with Gasteiger partial charge in [0.15, 0.2) is 0 Å². The van der Waals surface area contributed by atoms with E-state index in [9.17, 15) is 0 Å². The van der Waals surface area contributed by atoms with Gasteiger partial charge in [0, 0.05) is 31.4 Å². The zero-order chi connectivity index (χ0) is 15.9. The second-order valence-electron chi connectivity index (χ2n) is 5.07. The molecule has 0 saturated heterocycles. The first-order valence-corrected chi connectivity index (χ1v) is 7.63. The van der Waals surface area contributed by atoms with Crippen LogP contribution in [0.4, 0.5) is 11.8 Å². The van der Waals surface area contributed by atoms with Crippen LogP contribution in [-0.2, 0) is 6.54 Å². The van der Waals surface area contributed by atoms with Crippen LogP contribution in [-0.4, -0.2) is 30.2 Å². The summed E-state index contributed by atoms with van der Waals surface area (Å²) in [6.45, 7) is 8.74. The maximum absolute atomic E-state index is 5.17. The third-order valence-electron chi connectivity index (χ3n) is 3.52. The highest BCUT2D eigenvalue weighted by Crippen LogP contribution is 2.16. The van der Waals surface area contributed by atoms with Crippen molar-refractivity contribution in [2.45, 2.75) is 27.3 Å². The SMILES string of the molecule is CCN(CC)c1nc(C)cc(NCc2ccc(OC)cc2)n1. The highest BCUT2D eigenvalue weighted by Gasteiger charge is 2.08. The van der Waals surface area contributed by atoms with E-state index in [1.165, 1.54) is 5.56 Å². The maximum Gasteiger partial charge on any atom is 0.227 e. The zero-order valence-corrected chi connectivity index (χ0v) is 13.8. The normalized spacial score (nSPS) is 10.4. The van der Waals surface area contributed by atoms with Gasteiger partial charge in [0.25, 0.3) is 0 Å². The first-order valence-electron chi connectivity index (χ1n) is 7.63. The summed E-state index contributed by atoms with van der Waals surface area (Å²) >= 11 is 0. The Morgan fingerprint density at radius 3 is 2.36 bits per heavy atom. The number of aromatic nitrogens is 2. The topological polar surface area (TPSA) is 50.3 Å². The number of rotatable bonds is 7. The van der Waals surface area contributed by atoms with Gasteiger partial charge in [0.05, 0.1) is 7.11 Å². The lowest BCUT2D eigenvalue weighted by Gasteiger charge is -2.19. The van der Waals surface area contributed by atoms with E-state index in [0.29, 0.717) is 0 Å². The molecule has 1 heterocycles. The molecule has 1 aromatic heterocycles. The van der Waals surface area contributed by atoms with Crippen molar-refractivity contribution in [2.24, 2.45) is 0 Å². The van der Waals surface area contributed by atoms with Gasteiger partial charge < -0.3 is 15.0 Å². The molecule has 0 aliphatic carbocycles. The second-order valence-corrected chi connectivity index (χ2v) is 5.07. The molecular weight excluding hydrogens is 276 g/mol. The number of ether oxygens (including phenoxy) is 1. The predicted octanol–water partition coefficient (Wildman–Crippen LogP) is 3.25. The average Bonchev–Trinajstić information content (AvgIpc) is 2.54. The van der Waals surface area contributed by atoms with Crippen LogP contribution in [0.1, 0.15) is 25.1 Å². The van der Waals surface area contributed by atoms with Crippen LogP contribution in [0.3, 0.4) is 0 Å². The molecule has 0 amide bonds. The number of methoxy groups -OCH3 is 1. The quantitative estimate of drug-likeness (QED) is 0.850. The van der Waals surface area contributed by atoms with Gasteiger partial charge in [0.1, 0.15) is 11.6 Å². The molecule has 0 radical (unpaired) electrons. The first kappa shape index (κ1) is 16.1. The van der Waals surface area contributed by atoms with Gasteiger partial charge in [-0.05, 0) is 38.5 Å². The van der Waals surface area contributed by atoms with E-state index in [1.807, 2.05) is 37.3 Å². The zero-order valence-electron chi connectivity index (χ0n) is 13.8. The summed E-state index contributed by atoms with van der Waals surface area (Å²) in [6.07, 6.45) is 0. The molecule has 22 heavy (non-hydrogen) atoms. The number of aryl methyl sites for hydroxylation is 1. The molecule has 5 nitrogen and oxygen atoms in total. The van der Waals surface area contributed by atoms with Crippen molar-refractivity contribution >= 4 is 11.8 Å². The Bertz CT molecular complexity index is 594. The molecule has 5 heteroatoms. The highest BCUT2D eigenvalue weighted by molar-refractivity contribution is 5.44. The van der Waals surface area contributed by atoms with Crippen molar-refractivity contribution in [3.63, 3.8) is 0 Å². The second kappa shape index (κ2) is 7.64. The fraction of sp³-hybridized carbons (Fsp3) is 0.412. The number of hydrogen-bond donors (Lipinski definition) is 1. The van der Waals surface area contributed by atoms with Gasteiger partial charge in [-0.1, -0.05) is 12.1 Å². The lowest BCUT2D eigenvalue weighted by molar-refractivity contribution is 0.414. The van der Waals surface area contributed by atoms with Gasteiger partial charge >= 0.3 is 0 Å². The molecule has 0 fully saturated rings. The van der Waals surface area contributed by atoms with Gasteiger partial charge in [-0.15, -0.1) is 0 Å². The summed E-state index contributed by atoms with van der Waals surface area (Å²) in [6, 6.07) is 9.99. The van der Waals surface area contributed by atoms with Gasteiger partial charge in [0.2, 0.25) is 5.95 Å². The summed E-state index contributed by atoms with van der Waals surface area (Å²) in [5.74, 6) is 2.50. The summed E-state index contributed by atoms with van der Waals surface area (Å²) in [4.78, 5) is 11.3. The highest BCUT2D eigenvalue weighted by atomic mass is 16.5. The molecule has 0 saturated carbocycles. The van der Waals surface area contributed by atoms with Crippen LogP contribution in [0.2, 0.25) is 0 Å². The van der Waals surface area contributed by atoms with E-state index in [-0.39, 0.29) is 0 Å². The van der Waals surface area contributed by atoms with Gasteiger partial charge in [-0.3, -0.25) is 0 Å². The average molecular weight is 300 g/mol. The number of nitrogens with zero attached hydrogens (tertiary/aromatic N) is 3. The molecule has 0 aliphatic rings. The molecule has 1 N–H and O–H groups in total. The molecule has 0 bridgehead atoms. The molecule has 2 rings (SSSR count). The minimum Gasteiger partial charge on any atom is -0.497 e. The Hall–Kier alpha value is -2.30. The molecule has 0 atom stereocenters. The summed E-state index contributed by atoms with van der Waals surface area (Å²) in [5, 5.41) is 3.36. The Morgan fingerprint density at radius 2 is 1.77 bits per heavy atom. The molecule has 0 aliphatic heterocycles. The van der Waals surface area contributed by atoms with E-state index < -0.39 is 0 Å². The molecular formula is C17H24N4O. The van der Waals surface area contributed by atoms with Crippen LogP contribution in [0.5, 0.6) is 5.75 Å². The monoisotopic (exact) mass is 300 g/mol. The van der Waals surface area contributed by atoms with Crippen LogP contribution in [0.15, 0.2) is 30.3 Å². The van der Waals surface area contributed by atoms with Crippen molar-refractivity contribution in [3.05, 3.63) is 41.6 Å². The number of anilines is 2. The molecule has 1 aromatic carbocycles.